The van der Waals surface area contributed by atoms with Gasteiger partial charge in [0.25, 0.3) is 0 Å². The van der Waals surface area contributed by atoms with Crippen LogP contribution in [0.15, 0.2) is 23.8 Å². The highest BCUT2D eigenvalue weighted by Gasteiger charge is 2.51. The zero-order valence-electron chi connectivity index (χ0n) is 7.15. The number of rotatable bonds is 0. The molecule has 13 heavy (non-hydrogen) atoms. The van der Waals surface area contributed by atoms with E-state index in [0.29, 0.717) is 23.7 Å². The van der Waals surface area contributed by atoms with E-state index in [1.165, 1.54) is 0 Å². The molecule has 3 aliphatic rings. The number of hydrogen-bond acceptors (Lipinski definition) is 1. The van der Waals surface area contributed by atoms with Gasteiger partial charge in [-0.2, -0.15) is 5.26 Å². The fourth-order valence-electron chi connectivity index (χ4n) is 3.20. The fourth-order valence-corrected chi connectivity index (χ4v) is 3.71. The summed E-state index contributed by atoms with van der Waals surface area (Å²) in [5, 5.41) is 9.15. The lowest BCUT2D eigenvalue weighted by Gasteiger charge is -2.16. The second-order valence-corrected chi connectivity index (χ2v) is 4.78. The van der Waals surface area contributed by atoms with E-state index in [2.05, 4.69) is 24.3 Å². The summed E-state index contributed by atoms with van der Waals surface area (Å²) < 4.78 is 0. The van der Waals surface area contributed by atoms with E-state index in [-0.39, 0.29) is 5.38 Å². The van der Waals surface area contributed by atoms with Gasteiger partial charge in [0, 0.05) is 22.8 Å². The van der Waals surface area contributed by atoms with Crippen LogP contribution in [0.1, 0.15) is 6.42 Å². The Morgan fingerprint density at radius 1 is 1.46 bits per heavy atom. The monoisotopic (exact) mass is 191 g/mol. The molecule has 66 valence electrons. The van der Waals surface area contributed by atoms with Gasteiger partial charge < -0.3 is 0 Å². The molecule has 0 N–H and O–H groups in total. The molecule has 0 aromatic heterocycles. The van der Waals surface area contributed by atoms with E-state index in [1.54, 1.807) is 0 Å². The highest BCUT2D eigenvalue weighted by Crippen LogP contribution is 2.56. The van der Waals surface area contributed by atoms with Gasteiger partial charge in [-0.3, -0.25) is 0 Å². The molecule has 5 atom stereocenters. The van der Waals surface area contributed by atoms with Gasteiger partial charge in [-0.05, 0) is 18.3 Å². The van der Waals surface area contributed by atoms with Crippen LogP contribution in [0.4, 0.5) is 0 Å². The first-order valence-corrected chi connectivity index (χ1v) is 5.19. The lowest BCUT2D eigenvalue weighted by Crippen LogP contribution is -2.15. The third-order valence-electron chi connectivity index (χ3n) is 3.68. The molecule has 0 spiro atoms. The van der Waals surface area contributed by atoms with Crippen molar-refractivity contribution in [2.45, 2.75) is 11.8 Å². The predicted octanol–water partition coefficient (Wildman–Crippen LogP) is 2.50. The van der Waals surface area contributed by atoms with Crippen LogP contribution in [-0.2, 0) is 0 Å². The summed E-state index contributed by atoms with van der Waals surface area (Å²) in [5.41, 5.74) is 0.932. The normalized spacial score (nSPS) is 50.5. The van der Waals surface area contributed by atoms with Crippen LogP contribution in [0.3, 0.4) is 0 Å². The number of nitriles is 1. The molecule has 0 aromatic rings. The van der Waals surface area contributed by atoms with E-state index in [4.69, 9.17) is 16.9 Å². The third kappa shape index (κ3) is 0.823. The zero-order valence-corrected chi connectivity index (χ0v) is 7.91. The van der Waals surface area contributed by atoms with Crippen molar-refractivity contribution in [3.05, 3.63) is 23.8 Å². The Labute approximate surface area is 82.7 Å². The molecule has 0 aromatic carbocycles. The van der Waals surface area contributed by atoms with Crippen LogP contribution in [0.25, 0.3) is 0 Å². The maximum absolute atomic E-state index is 8.96. The number of alkyl halides is 1. The summed E-state index contributed by atoms with van der Waals surface area (Å²) >= 11 is 6.25. The van der Waals surface area contributed by atoms with Crippen LogP contribution in [0.2, 0.25) is 0 Å². The summed E-state index contributed by atoms with van der Waals surface area (Å²) in [6.07, 6.45) is 7.70. The van der Waals surface area contributed by atoms with Gasteiger partial charge in [0.2, 0.25) is 0 Å². The lowest BCUT2D eigenvalue weighted by molar-refractivity contribution is 0.394. The number of nitrogens with zero attached hydrogens (tertiary/aromatic N) is 1. The van der Waals surface area contributed by atoms with Crippen molar-refractivity contribution in [3.63, 3.8) is 0 Å². The predicted molar refractivity (Wildman–Crippen MR) is 51.1 cm³/mol. The van der Waals surface area contributed by atoms with Crippen molar-refractivity contribution < 1.29 is 0 Å². The highest BCUT2D eigenvalue weighted by atomic mass is 35.5. The summed E-state index contributed by atoms with van der Waals surface area (Å²) in [6.45, 7) is 0. The number of allylic oxidation sites excluding steroid dienone is 4. The third-order valence-corrected chi connectivity index (χ3v) is 4.13. The van der Waals surface area contributed by atoms with Gasteiger partial charge in [0.1, 0.15) is 0 Å². The van der Waals surface area contributed by atoms with Crippen LogP contribution in [-0.4, -0.2) is 5.38 Å². The molecule has 3 rings (SSSR count). The maximum atomic E-state index is 8.96. The SMILES string of the molecule is N#CC1=C[C@H]2C=C[C@@H]3C[C@H](Cl)[C@H]1[C@H]23. The summed E-state index contributed by atoms with van der Waals surface area (Å²) in [6, 6.07) is 2.29. The summed E-state index contributed by atoms with van der Waals surface area (Å²) in [4.78, 5) is 0. The first-order valence-electron chi connectivity index (χ1n) is 4.75. The molecule has 1 nitrogen and oxygen atoms in total. The average molecular weight is 192 g/mol. The van der Waals surface area contributed by atoms with Crippen molar-refractivity contribution in [2.75, 3.05) is 0 Å². The molecule has 0 bridgehead atoms. The van der Waals surface area contributed by atoms with E-state index in [0.717, 1.165) is 12.0 Å². The van der Waals surface area contributed by atoms with Gasteiger partial charge in [-0.15, -0.1) is 11.6 Å². The van der Waals surface area contributed by atoms with Crippen molar-refractivity contribution in [1.29, 1.82) is 5.26 Å². The Hall–Kier alpha value is -0.740. The van der Waals surface area contributed by atoms with Crippen LogP contribution in [0.5, 0.6) is 0 Å². The molecule has 3 aliphatic carbocycles. The van der Waals surface area contributed by atoms with Crippen molar-refractivity contribution in [2.24, 2.45) is 23.7 Å². The quantitative estimate of drug-likeness (QED) is 0.426. The van der Waals surface area contributed by atoms with Crippen molar-refractivity contribution in [3.8, 4) is 6.07 Å². The first-order chi connectivity index (χ1) is 6.31. The fraction of sp³-hybridized carbons (Fsp3) is 0.545. The molecule has 0 unspecified atom stereocenters. The van der Waals surface area contributed by atoms with Gasteiger partial charge in [-0.1, -0.05) is 18.2 Å². The second kappa shape index (κ2) is 2.39. The minimum Gasteiger partial charge on any atom is -0.193 e. The second-order valence-electron chi connectivity index (χ2n) is 4.21. The van der Waals surface area contributed by atoms with Gasteiger partial charge in [0.15, 0.2) is 0 Å². The van der Waals surface area contributed by atoms with Gasteiger partial charge in [0.05, 0.1) is 6.07 Å². The Bertz CT molecular complexity index is 350. The minimum absolute atomic E-state index is 0.191. The Morgan fingerprint density at radius 2 is 2.31 bits per heavy atom. The van der Waals surface area contributed by atoms with Gasteiger partial charge in [-0.25, -0.2) is 0 Å². The largest absolute Gasteiger partial charge is 0.193 e. The van der Waals surface area contributed by atoms with Crippen LogP contribution < -0.4 is 0 Å². The minimum atomic E-state index is 0.191. The molecule has 0 radical (unpaired) electrons. The topological polar surface area (TPSA) is 23.8 Å². The molecule has 0 aliphatic heterocycles. The number of hydrogen-bond donors (Lipinski definition) is 0. The molecule has 1 fully saturated rings. The molecule has 0 amide bonds. The Kier molecular flexibility index (Phi) is 1.41. The van der Waals surface area contributed by atoms with Crippen molar-refractivity contribution >= 4 is 11.6 Å². The summed E-state index contributed by atoms with van der Waals surface area (Å²) in [7, 11) is 0. The maximum Gasteiger partial charge on any atom is 0.0947 e. The van der Waals surface area contributed by atoms with E-state index in [9.17, 15) is 0 Å². The standard InChI is InChI=1S/C11H10ClN/c12-9-4-7-2-1-6-3-8(5-13)11(9)10(6)7/h1-3,6-7,9-11H,4H2/t6-,7-,9+,10-,11+/m1/s1. The van der Waals surface area contributed by atoms with E-state index in [1.807, 2.05) is 0 Å². The smallest absolute Gasteiger partial charge is 0.0947 e. The molecule has 0 heterocycles. The molecular weight excluding hydrogens is 182 g/mol. The Morgan fingerprint density at radius 3 is 3.08 bits per heavy atom. The Balaban J connectivity index is 2.07. The zero-order chi connectivity index (χ0) is 9.00. The molecule has 1 saturated carbocycles. The lowest BCUT2D eigenvalue weighted by atomic mass is 9.88. The van der Waals surface area contributed by atoms with E-state index < -0.39 is 0 Å². The molecular formula is C11H10ClN. The molecule has 0 saturated heterocycles. The summed E-state index contributed by atoms with van der Waals surface area (Å²) in [5.74, 6) is 2.11. The van der Waals surface area contributed by atoms with Crippen molar-refractivity contribution in [1.82, 2.24) is 0 Å². The first kappa shape index (κ1) is 7.64. The van der Waals surface area contributed by atoms with Crippen LogP contribution >= 0.6 is 11.6 Å². The average Bonchev–Trinajstić information content (AvgIpc) is 2.70. The highest BCUT2D eigenvalue weighted by molar-refractivity contribution is 6.21. The van der Waals surface area contributed by atoms with E-state index >= 15 is 0 Å². The van der Waals surface area contributed by atoms with Crippen LogP contribution in [0, 0.1) is 35.0 Å². The number of halogens is 1. The molecule has 2 heteroatoms. The van der Waals surface area contributed by atoms with Gasteiger partial charge >= 0.3 is 0 Å².